The standard InChI is InChI=1S/C8H14F2N2/c1-3-4-5-8(12,6-11)7(2,9)10/h3-5H,1,6,11-12H2,2H3/b5-4-. The summed E-state index contributed by atoms with van der Waals surface area (Å²) in [5.41, 5.74) is 8.72. The van der Waals surface area contributed by atoms with Crippen molar-refractivity contribution in [3.8, 4) is 0 Å². The van der Waals surface area contributed by atoms with Gasteiger partial charge in [0, 0.05) is 13.5 Å². The van der Waals surface area contributed by atoms with Crippen molar-refractivity contribution in [3.05, 3.63) is 24.8 Å². The molecule has 2 nitrogen and oxygen atoms in total. The van der Waals surface area contributed by atoms with E-state index in [1.807, 2.05) is 0 Å². The van der Waals surface area contributed by atoms with Gasteiger partial charge in [0.2, 0.25) is 0 Å². The molecular formula is C8H14F2N2. The van der Waals surface area contributed by atoms with Crippen LogP contribution < -0.4 is 11.5 Å². The fraction of sp³-hybridized carbons (Fsp3) is 0.500. The van der Waals surface area contributed by atoms with E-state index in [2.05, 4.69) is 6.58 Å². The van der Waals surface area contributed by atoms with Gasteiger partial charge in [-0.2, -0.15) is 0 Å². The van der Waals surface area contributed by atoms with Crippen LogP contribution >= 0.6 is 0 Å². The third-order valence-corrected chi connectivity index (χ3v) is 1.68. The average Bonchev–Trinajstić information content (AvgIpc) is 1.98. The fourth-order valence-electron chi connectivity index (χ4n) is 0.633. The molecule has 0 aromatic rings. The van der Waals surface area contributed by atoms with Crippen LogP contribution in [0.25, 0.3) is 0 Å². The average molecular weight is 176 g/mol. The molecule has 0 heterocycles. The second kappa shape index (κ2) is 3.78. The summed E-state index contributed by atoms with van der Waals surface area (Å²) in [6.07, 6.45) is 3.91. The van der Waals surface area contributed by atoms with E-state index < -0.39 is 11.5 Å². The number of rotatable bonds is 4. The highest BCUT2D eigenvalue weighted by atomic mass is 19.3. The Balaban J connectivity index is 4.67. The zero-order chi connectivity index (χ0) is 9.83. The van der Waals surface area contributed by atoms with Gasteiger partial charge in [0.1, 0.15) is 5.54 Å². The maximum absolute atomic E-state index is 12.8. The quantitative estimate of drug-likeness (QED) is 0.629. The van der Waals surface area contributed by atoms with Gasteiger partial charge in [-0.15, -0.1) is 0 Å². The zero-order valence-electron chi connectivity index (χ0n) is 7.06. The van der Waals surface area contributed by atoms with Gasteiger partial charge in [0.05, 0.1) is 0 Å². The second-order valence-corrected chi connectivity index (χ2v) is 2.73. The number of allylic oxidation sites excluding steroid dienone is 2. The molecule has 0 spiro atoms. The van der Waals surface area contributed by atoms with E-state index in [9.17, 15) is 8.78 Å². The lowest BCUT2D eigenvalue weighted by atomic mass is 9.93. The largest absolute Gasteiger partial charge is 0.328 e. The first-order valence-corrected chi connectivity index (χ1v) is 3.54. The minimum absolute atomic E-state index is 0.305. The molecule has 12 heavy (non-hydrogen) atoms. The molecule has 0 rings (SSSR count). The van der Waals surface area contributed by atoms with E-state index in [-0.39, 0.29) is 6.54 Å². The lowest BCUT2D eigenvalue weighted by molar-refractivity contribution is -0.0331. The Morgan fingerprint density at radius 1 is 1.50 bits per heavy atom. The number of nitrogens with two attached hydrogens (primary N) is 2. The van der Waals surface area contributed by atoms with Gasteiger partial charge in [0.15, 0.2) is 0 Å². The molecule has 0 bridgehead atoms. The molecule has 0 aromatic heterocycles. The Morgan fingerprint density at radius 3 is 2.25 bits per heavy atom. The van der Waals surface area contributed by atoms with Crippen LogP contribution in [-0.4, -0.2) is 18.0 Å². The molecule has 0 aromatic carbocycles. The van der Waals surface area contributed by atoms with E-state index >= 15 is 0 Å². The van der Waals surface area contributed by atoms with Crippen LogP contribution in [0.15, 0.2) is 24.8 Å². The van der Waals surface area contributed by atoms with Crippen molar-refractivity contribution >= 4 is 0 Å². The molecule has 70 valence electrons. The van der Waals surface area contributed by atoms with Crippen molar-refractivity contribution in [1.82, 2.24) is 0 Å². The predicted octanol–water partition coefficient (Wildman–Crippen LogP) is 1.04. The smallest absolute Gasteiger partial charge is 0.267 e. The molecule has 0 aliphatic rings. The molecule has 4 N–H and O–H groups in total. The second-order valence-electron chi connectivity index (χ2n) is 2.73. The normalized spacial score (nSPS) is 17.8. The maximum Gasteiger partial charge on any atom is 0.267 e. The molecule has 0 amide bonds. The molecule has 0 radical (unpaired) electrons. The van der Waals surface area contributed by atoms with Crippen LogP contribution in [-0.2, 0) is 0 Å². The van der Waals surface area contributed by atoms with Gasteiger partial charge in [-0.3, -0.25) is 0 Å². The van der Waals surface area contributed by atoms with Crippen molar-refractivity contribution in [1.29, 1.82) is 0 Å². The Labute approximate surface area is 70.9 Å². The summed E-state index contributed by atoms with van der Waals surface area (Å²) < 4.78 is 25.6. The SMILES string of the molecule is C=C/C=C\C(N)(CN)C(C)(F)F. The highest BCUT2D eigenvalue weighted by Crippen LogP contribution is 2.26. The van der Waals surface area contributed by atoms with E-state index in [0.717, 1.165) is 6.92 Å². The first-order valence-electron chi connectivity index (χ1n) is 3.54. The predicted molar refractivity (Wildman–Crippen MR) is 45.9 cm³/mol. The molecule has 0 fully saturated rings. The zero-order valence-corrected chi connectivity index (χ0v) is 7.06. The van der Waals surface area contributed by atoms with Crippen LogP contribution in [0.3, 0.4) is 0 Å². The summed E-state index contributed by atoms with van der Waals surface area (Å²) in [6, 6.07) is 0. The van der Waals surface area contributed by atoms with Gasteiger partial charge in [0.25, 0.3) is 5.92 Å². The molecule has 0 aliphatic heterocycles. The summed E-state index contributed by atoms with van der Waals surface area (Å²) in [5, 5.41) is 0. The van der Waals surface area contributed by atoms with Crippen LogP contribution in [0.2, 0.25) is 0 Å². The van der Waals surface area contributed by atoms with Crippen molar-refractivity contribution in [2.45, 2.75) is 18.4 Å². The van der Waals surface area contributed by atoms with Crippen LogP contribution in [0.4, 0.5) is 8.78 Å². The van der Waals surface area contributed by atoms with E-state index in [1.165, 1.54) is 18.2 Å². The molecule has 1 atom stereocenters. The minimum atomic E-state index is -3.03. The molecule has 4 heteroatoms. The Bertz CT molecular complexity index is 184. The molecule has 1 unspecified atom stereocenters. The minimum Gasteiger partial charge on any atom is -0.328 e. The topological polar surface area (TPSA) is 52.0 Å². The molecule has 0 aliphatic carbocycles. The highest BCUT2D eigenvalue weighted by molar-refractivity contribution is 5.15. The number of halogens is 2. The van der Waals surface area contributed by atoms with Crippen molar-refractivity contribution in [3.63, 3.8) is 0 Å². The first kappa shape index (κ1) is 11.3. The monoisotopic (exact) mass is 176 g/mol. The van der Waals surface area contributed by atoms with E-state index in [0.29, 0.717) is 0 Å². The van der Waals surface area contributed by atoms with Gasteiger partial charge in [-0.25, -0.2) is 8.78 Å². The van der Waals surface area contributed by atoms with Gasteiger partial charge in [-0.1, -0.05) is 24.8 Å². The van der Waals surface area contributed by atoms with Gasteiger partial charge < -0.3 is 11.5 Å². The van der Waals surface area contributed by atoms with Crippen molar-refractivity contribution < 1.29 is 8.78 Å². The summed E-state index contributed by atoms with van der Waals surface area (Å²) >= 11 is 0. The lowest BCUT2D eigenvalue weighted by Gasteiger charge is -2.30. The van der Waals surface area contributed by atoms with Crippen LogP contribution in [0.1, 0.15) is 6.92 Å². The third-order valence-electron chi connectivity index (χ3n) is 1.68. The summed E-state index contributed by atoms with van der Waals surface area (Å²) in [5.74, 6) is -3.03. The van der Waals surface area contributed by atoms with Gasteiger partial charge in [-0.05, 0) is 0 Å². The molecule has 0 saturated heterocycles. The fourth-order valence-corrected chi connectivity index (χ4v) is 0.633. The van der Waals surface area contributed by atoms with Crippen LogP contribution in [0, 0.1) is 0 Å². The van der Waals surface area contributed by atoms with Crippen LogP contribution in [0.5, 0.6) is 0 Å². The lowest BCUT2D eigenvalue weighted by Crippen LogP contribution is -2.57. The van der Waals surface area contributed by atoms with Gasteiger partial charge >= 0.3 is 0 Å². The number of alkyl halides is 2. The Hall–Kier alpha value is -0.740. The van der Waals surface area contributed by atoms with Crippen molar-refractivity contribution in [2.75, 3.05) is 6.54 Å². The third kappa shape index (κ3) is 2.39. The summed E-state index contributed by atoms with van der Waals surface area (Å²) in [7, 11) is 0. The van der Waals surface area contributed by atoms with Crippen molar-refractivity contribution in [2.24, 2.45) is 11.5 Å². The highest BCUT2D eigenvalue weighted by Gasteiger charge is 2.43. The maximum atomic E-state index is 12.8. The summed E-state index contributed by atoms with van der Waals surface area (Å²) in [4.78, 5) is 0. The first-order chi connectivity index (χ1) is 5.37. The molecular weight excluding hydrogens is 162 g/mol. The summed E-state index contributed by atoms with van der Waals surface area (Å²) in [6.45, 7) is 3.79. The van der Waals surface area contributed by atoms with E-state index in [4.69, 9.17) is 11.5 Å². The van der Waals surface area contributed by atoms with E-state index in [1.54, 1.807) is 0 Å². The molecule has 0 saturated carbocycles. The Kier molecular flexibility index (Phi) is 3.55. The Morgan fingerprint density at radius 2 is 2.00 bits per heavy atom. The number of hydrogen-bond acceptors (Lipinski definition) is 2. The number of hydrogen-bond donors (Lipinski definition) is 2.